The highest BCUT2D eigenvalue weighted by atomic mass is 35.5. The lowest BCUT2D eigenvalue weighted by Gasteiger charge is -2.16. The second-order valence-electron chi connectivity index (χ2n) is 4.51. The number of halogens is 2. The van der Waals surface area contributed by atoms with Crippen LogP contribution in [0, 0.1) is 12.7 Å². The van der Waals surface area contributed by atoms with Gasteiger partial charge in [-0.25, -0.2) is 9.37 Å². The Hall–Kier alpha value is -1.88. The third kappa shape index (κ3) is 3.17. The van der Waals surface area contributed by atoms with Gasteiger partial charge in [-0.15, -0.1) is 0 Å². The molecule has 1 aromatic carbocycles. The second-order valence-corrected chi connectivity index (χ2v) is 4.92. The molecule has 1 atom stereocenters. The fourth-order valence-electron chi connectivity index (χ4n) is 1.76. The van der Waals surface area contributed by atoms with E-state index in [9.17, 15) is 4.39 Å². The van der Waals surface area contributed by atoms with Crippen molar-refractivity contribution in [2.24, 2.45) is 0 Å². The number of nitrogens with zero attached hydrogens (tertiary/aromatic N) is 2. The molecule has 2 N–H and O–H groups in total. The van der Waals surface area contributed by atoms with Crippen LogP contribution < -0.4 is 10.6 Å². The van der Waals surface area contributed by atoms with Gasteiger partial charge in [0.2, 0.25) is 5.95 Å². The van der Waals surface area contributed by atoms with Crippen LogP contribution in [0.4, 0.5) is 16.2 Å². The van der Waals surface area contributed by atoms with E-state index < -0.39 is 0 Å². The van der Waals surface area contributed by atoms with Crippen molar-refractivity contribution >= 4 is 23.4 Å². The van der Waals surface area contributed by atoms with Crippen molar-refractivity contribution in [1.29, 1.82) is 0 Å². The average Bonchev–Trinajstić information content (AvgIpc) is 2.44. The van der Waals surface area contributed by atoms with Crippen LogP contribution >= 0.6 is 11.6 Å². The molecule has 0 spiro atoms. The number of anilines is 2. The first-order chi connectivity index (χ1) is 9.51. The molecular formula is C14H16ClFN4. The van der Waals surface area contributed by atoms with Crippen LogP contribution in [0.15, 0.2) is 24.4 Å². The minimum atomic E-state index is -0.221. The van der Waals surface area contributed by atoms with E-state index in [0.29, 0.717) is 22.4 Å². The van der Waals surface area contributed by atoms with Gasteiger partial charge in [0.1, 0.15) is 10.8 Å². The van der Waals surface area contributed by atoms with Gasteiger partial charge in [-0.2, -0.15) is 4.98 Å². The van der Waals surface area contributed by atoms with Crippen molar-refractivity contribution in [3.05, 3.63) is 46.4 Å². The Morgan fingerprint density at radius 3 is 2.75 bits per heavy atom. The largest absolute Gasteiger partial charge is 0.362 e. The van der Waals surface area contributed by atoms with Gasteiger partial charge in [-0.05, 0) is 31.0 Å². The first kappa shape index (κ1) is 14.5. The number of rotatable bonds is 4. The van der Waals surface area contributed by atoms with Crippen LogP contribution in [-0.4, -0.2) is 17.0 Å². The monoisotopic (exact) mass is 294 g/mol. The molecule has 2 aromatic rings. The maximum absolute atomic E-state index is 13.6. The summed E-state index contributed by atoms with van der Waals surface area (Å²) in [6, 6.07) is 5.02. The second kappa shape index (κ2) is 6.05. The van der Waals surface area contributed by atoms with Crippen LogP contribution in [0.25, 0.3) is 0 Å². The van der Waals surface area contributed by atoms with Crippen molar-refractivity contribution in [2.75, 3.05) is 17.7 Å². The smallest absolute Gasteiger partial charge is 0.224 e. The van der Waals surface area contributed by atoms with E-state index in [2.05, 4.69) is 20.6 Å². The Labute approximate surface area is 122 Å². The summed E-state index contributed by atoms with van der Waals surface area (Å²) in [4.78, 5) is 8.25. The zero-order valence-corrected chi connectivity index (χ0v) is 12.3. The molecule has 0 aliphatic carbocycles. The fourth-order valence-corrected chi connectivity index (χ4v) is 1.90. The molecule has 0 aliphatic heterocycles. The van der Waals surface area contributed by atoms with Crippen LogP contribution in [0.1, 0.15) is 24.1 Å². The average molecular weight is 295 g/mol. The van der Waals surface area contributed by atoms with Gasteiger partial charge >= 0.3 is 0 Å². The highest BCUT2D eigenvalue weighted by molar-refractivity contribution is 6.32. The molecular weight excluding hydrogens is 279 g/mol. The number of aromatic nitrogens is 2. The van der Waals surface area contributed by atoms with Gasteiger partial charge in [0.25, 0.3) is 0 Å². The lowest BCUT2D eigenvalue weighted by molar-refractivity contribution is 0.614. The van der Waals surface area contributed by atoms with E-state index in [-0.39, 0.29) is 11.9 Å². The van der Waals surface area contributed by atoms with E-state index >= 15 is 0 Å². The minimum absolute atomic E-state index is 0.123. The Bertz CT molecular complexity index is 618. The van der Waals surface area contributed by atoms with Gasteiger partial charge in [-0.1, -0.05) is 23.7 Å². The molecule has 2 rings (SSSR count). The Kier molecular flexibility index (Phi) is 4.39. The van der Waals surface area contributed by atoms with Gasteiger partial charge in [-0.3, -0.25) is 0 Å². The predicted molar refractivity (Wildman–Crippen MR) is 79.8 cm³/mol. The summed E-state index contributed by atoms with van der Waals surface area (Å²) in [7, 11) is 1.73. The molecule has 0 fully saturated rings. The third-order valence-corrected chi connectivity index (χ3v) is 3.29. The van der Waals surface area contributed by atoms with E-state index in [1.807, 2.05) is 13.0 Å². The van der Waals surface area contributed by atoms with E-state index in [4.69, 9.17) is 11.6 Å². The molecule has 1 heterocycles. The molecule has 1 unspecified atom stereocenters. The van der Waals surface area contributed by atoms with E-state index in [0.717, 1.165) is 5.56 Å². The minimum Gasteiger partial charge on any atom is -0.362 e. The maximum Gasteiger partial charge on any atom is 0.224 e. The van der Waals surface area contributed by atoms with E-state index in [1.165, 1.54) is 12.3 Å². The van der Waals surface area contributed by atoms with Crippen LogP contribution in [0.5, 0.6) is 0 Å². The van der Waals surface area contributed by atoms with Crippen LogP contribution in [-0.2, 0) is 0 Å². The van der Waals surface area contributed by atoms with Gasteiger partial charge in [0.05, 0.1) is 12.2 Å². The fraction of sp³-hybridized carbons (Fsp3) is 0.286. The summed E-state index contributed by atoms with van der Waals surface area (Å²) in [5.74, 6) is 0.763. The lowest BCUT2D eigenvalue weighted by Crippen LogP contribution is -2.10. The zero-order valence-electron chi connectivity index (χ0n) is 11.5. The van der Waals surface area contributed by atoms with Gasteiger partial charge in [0.15, 0.2) is 5.82 Å². The first-order valence-electron chi connectivity index (χ1n) is 6.24. The molecule has 0 aliphatic rings. The zero-order chi connectivity index (χ0) is 14.7. The first-order valence-corrected chi connectivity index (χ1v) is 6.62. The Balaban J connectivity index is 2.22. The summed E-state index contributed by atoms with van der Waals surface area (Å²) in [6.07, 6.45) is 1.52. The normalized spacial score (nSPS) is 12.1. The Morgan fingerprint density at radius 1 is 1.35 bits per heavy atom. The molecule has 0 amide bonds. The SMILES string of the molecule is CNc1ncc(Cl)c(NC(C)c2ccc(C)c(F)c2)n1. The summed E-state index contributed by atoms with van der Waals surface area (Å²) in [5.41, 5.74) is 1.45. The van der Waals surface area contributed by atoms with Crippen molar-refractivity contribution in [2.45, 2.75) is 19.9 Å². The molecule has 106 valence electrons. The predicted octanol–water partition coefficient (Wildman–Crippen LogP) is 3.79. The number of hydrogen-bond acceptors (Lipinski definition) is 4. The summed E-state index contributed by atoms with van der Waals surface area (Å²) in [6.45, 7) is 3.65. The molecule has 0 saturated carbocycles. The molecule has 4 nitrogen and oxygen atoms in total. The summed E-state index contributed by atoms with van der Waals surface area (Å²) in [5, 5.41) is 6.42. The third-order valence-electron chi connectivity index (χ3n) is 3.02. The molecule has 0 saturated heterocycles. The molecule has 20 heavy (non-hydrogen) atoms. The Morgan fingerprint density at radius 2 is 2.10 bits per heavy atom. The molecule has 0 radical (unpaired) electrons. The molecule has 6 heteroatoms. The topological polar surface area (TPSA) is 49.8 Å². The number of aryl methyl sites for hydroxylation is 1. The molecule has 1 aromatic heterocycles. The number of benzene rings is 1. The van der Waals surface area contributed by atoms with Gasteiger partial charge < -0.3 is 10.6 Å². The summed E-state index contributed by atoms with van der Waals surface area (Å²) >= 11 is 6.05. The quantitative estimate of drug-likeness (QED) is 0.901. The number of hydrogen-bond donors (Lipinski definition) is 2. The molecule has 0 bridgehead atoms. The van der Waals surface area contributed by atoms with Crippen molar-refractivity contribution in [3.63, 3.8) is 0 Å². The lowest BCUT2D eigenvalue weighted by atomic mass is 10.1. The highest BCUT2D eigenvalue weighted by Crippen LogP contribution is 2.25. The highest BCUT2D eigenvalue weighted by Gasteiger charge is 2.11. The van der Waals surface area contributed by atoms with Crippen molar-refractivity contribution in [1.82, 2.24) is 9.97 Å². The standard InChI is InChI=1S/C14H16ClFN4/c1-8-4-5-10(6-12(8)16)9(2)19-13-11(15)7-18-14(17-3)20-13/h4-7,9H,1-3H3,(H2,17,18,19,20). The maximum atomic E-state index is 13.6. The van der Waals surface area contributed by atoms with Crippen LogP contribution in [0.3, 0.4) is 0 Å². The van der Waals surface area contributed by atoms with Crippen molar-refractivity contribution in [3.8, 4) is 0 Å². The number of nitrogens with one attached hydrogen (secondary N) is 2. The van der Waals surface area contributed by atoms with Crippen molar-refractivity contribution < 1.29 is 4.39 Å². The van der Waals surface area contributed by atoms with Gasteiger partial charge in [0, 0.05) is 7.05 Å². The van der Waals surface area contributed by atoms with E-state index in [1.54, 1.807) is 20.0 Å². The summed E-state index contributed by atoms with van der Waals surface area (Å²) < 4.78 is 13.6. The van der Waals surface area contributed by atoms with Crippen LogP contribution in [0.2, 0.25) is 5.02 Å².